The van der Waals surface area contributed by atoms with Crippen LogP contribution in [-0.4, -0.2) is 54.0 Å². The molecule has 1 saturated heterocycles. The highest BCUT2D eigenvalue weighted by molar-refractivity contribution is 9.10. The van der Waals surface area contributed by atoms with Crippen molar-refractivity contribution in [3.63, 3.8) is 0 Å². The number of piperazine rings is 1. The van der Waals surface area contributed by atoms with Gasteiger partial charge >= 0.3 is 0 Å². The topological polar surface area (TPSA) is 61.4 Å². The van der Waals surface area contributed by atoms with Gasteiger partial charge < -0.3 is 15.1 Å². The molecule has 1 amide bonds. The fraction of sp³-hybridized carbons (Fsp3) is 0.261. The summed E-state index contributed by atoms with van der Waals surface area (Å²) in [6.07, 6.45) is 1.71. The molecule has 154 valence electrons. The number of halogens is 1. The van der Waals surface area contributed by atoms with Crippen LogP contribution >= 0.6 is 15.9 Å². The Morgan fingerprint density at radius 3 is 2.53 bits per heavy atom. The number of nitrogens with one attached hydrogen (secondary N) is 1. The number of benzene rings is 1. The first kappa shape index (κ1) is 20.5. The van der Waals surface area contributed by atoms with E-state index in [0.29, 0.717) is 16.9 Å². The van der Waals surface area contributed by atoms with E-state index < -0.39 is 0 Å². The molecule has 1 aliphatic heterocycles. The summed E-state index contributed by atoms with van der Waals surface area (Å²) in [5.41, 5.74) is 3.75. The van der Waals surface area contributed by atoms with Crippen molar-refractivity contribution >= 4 is 33.3 Å². The maximum Gasteiger partial charge on any atom is 0.257 e. The van der Waals surface area contributed by atoms with Crippen molar-refractivity contribution in [2.45, 2.75) is 6.92 Å². The lowest BCUT2D eigenvalue weighted by Gasteiger charge is -2.33. The number of anilines is 2. The average molecular weight is 466 g/mol. The number of carbonyl (C=O) groups is 1. The molecule has 3 heterocycles. The molecule has 0 spiro atoms. The van der Waals surface area contributed by atoms with Crippen LogP contribution in [0.3, 0.4) is 0 Å². The van der Waals surface area contributed by atoms with Crippen LogP contribution in [0.15, 0.2) is 59.2 Å². The van der Waals surface area contributed by atoms with Crippen molar-refractivity contribution in [3.8, 4) is 11.3 Å². The van der Waals surface area contributed by atoms with E-state index in [4.69, 9.17) is 0 Å². The lowest BCUT2D eigenvalue weighted by Crippen LogP contribution is -2.44. The van der Waals surface area contributed by atoms with Crippen LogP contribution in [0.2, 0.25) is 0 Å². The van der Waals surface area contributed by atoms with E-state index in [9.17, 15) is 4.79 Å². The molecule has 30 heavy (non-hydrogen) atoms. The summed E-state index contributed by atoms with van der Waals surface area (Å²) >= 11 is 3.48. The number of aryl methyl sites for hydroxylation is 1. The molecule has 0 radical (unpaired) electrons. The Morgan fingerprint density at radius 2 is 1.87 bits per heavy atom. The van der Waals surface area contributed by atoms with E-state index in [1.54, 1.807) is 6.20 Å². The first-order valence-corrected chi connectivity index (χ1v) is 10.7. The van der Waals surface area contributed by atoms with Gasteiger partial charge in [0.1, 0.15) is 5.82 Å². The van der Waals surface area contributed by atoms with Crippen LogP contribution in [0.4, 0.5) is 11.5 Å². The van der Waals surface area contributed by atoms with Crippen molar-refractivity contribution in [1.29, 1.82) is 0 Å². The van der Waals surface area contributed by atoms with Crippen molar-refractivity contribution < 1.29 is 4.79 Å². The number of nitrogens with zero attached hydrogens (tertiary/aromatic N) is 4. The van der Waals surface area contributed by atoms with Gasteiger partial charge in [0, 0.05) is 36.2 Å². The summed E-state index contributed by atoms with van der Waals surface area (Å²) in [5, 5.41) is 2.93. The summed E-state index contributed by atoms with van der Waals surface area (Å²) in [5.74, 6) is 0.757. The molecule has 1 aliphatic rings. The number of hydrogen-bond acceptors (Lipinski definition) is 5. The molecule has 4 rings (SSSR count). The molecule has 0 bridgehead atoms. The average Bonchev–Trinajstić information content (AvgIpc) is 2.75. The van der Waals surface area contributed by atoms with Crippen molar-refractivity contribution in [3.05, 3.63) is 70.5 Å². The normalized spacial score (nSPS) is 14.6. The van der Waals surface area contributed by atoms with E-state index in [2.05, 4.69) is 48.1 Å². The quantitative estimate of drug-likeness (QED) is 0.624. The highest BCUT2D eigenvalue weighted by atomic mass is 79.9. The third-order valence-electron chi connectivity index (χ3n) is 5.28. The van der Waals surface area contributed by atoms with Gasteiger partial charge in [-0.1, -0.05) is 28.1 Å². The summed E-state index contributed by atoms with van der Waals surface area (Å²) in [6.45, 7) is 5.84. The largest absolute Gasteiger partial charge is 0.354 e. The molecule has 7 heteroatoms. The predicted molar refractivity (Wildman–Crippen MR) is 124 cm³/mol. The van der Waals surface area contributed by atoms with Crippen LogP contribution in [0, 0.1) is 6.92 Å². The van der Waals surface area contributed by atoms with Crippen molar-refractivity contribution in [2.24, 2.45) is 0 Å². The van der Waals surface area contributed by atoms with Gasteiger partial charge in [-0.15, -0.1) is 0 Å². The highest BCUT2D eigenvalue weighted by Gasteiger charge is 2.16. The van der Waals surface area contributed by atoms with E-state index >= 15 is 0 Å². The molecule has 3 aromatic rings. The zero-order valence-corrected chi connectivity index (χ0v) is 18.7. The molecular weight excluding hydrogens is 442 g/mol. The third kappa shape index (κ3) is 4.68. The highest BCUT2D eigenvalue weighted by Crippen LogP contribution is 2.23. The Hall–Kier alpha value is -2.77. The number of aromatic nitrogens is 2. The second-order valence-corrected chi connectivity index (χ2v) is 8.41. The number of rotatable bonds is 4. The number of pyridine rings is 2. The Bertz CT molecular complexity index is 1050. The molecule has 0 aliphatic carbocycles. The predicted octanol–water partition coefficient (Wildman–Crippen LogP) is 4.22. The smallest absolute Gasteiger partial charge is 0.257 e. The van der Waals surface area contributed by atoms with Crippen LogP contribution in [0.5, 0.6) is 0 Å². The third-order valence-corrected chi connectivity index (χ3v) is 5.78. The van der Waals surface area contributed by atoms with Gasteiger partial charge in [-0.2, -0.15) is 0 Å². The van der Waals surface area contributed by atoms with Crippen molar-refractivity contribution in [2.75, 3.05) is 43.4 Å². The molecule has 0 unspecified atom stereocenters. The number of hydrogen-bond donors (Lipinski definition) is 1. The zero-order valence-electron chi connectivity index (χ0n) is 17.1. The minimum atomic E-state index is -0.185. The van der Waals surface area contributed by atoms with E-state index in [1.807, 2.05) is 55.5 Å². The number of amides is 1. The molecule has 6 nitrogen and oxygen atoms in total. The molecule has 1 fully saturated rings. The van der Waals surface area contributed by atoms with E-state index in [-0.39, 0.29) is 5.91 Å². The second-order valence-electron chi connectivity index (χ2n) is 7.49. The summed E-state index contributed by atoms with van der Waals surface area (Å²) in [6, 6.07) is 15.5. The lowest BCUT2D eigenvalue weighted by molar-refractivity contribution is 0.102. The number of likely N-dealkylation sites (N-methyl/N-ethyl adjacent to an activating group) is 1. The molecule has 0 atom stereocenters. The maximum atomic E-state index is 12.8. The maximum absolute atomic E-state index is 12.8. The monoisotopic (exact) mass is 465 g/mol. The first-order chi connectivity index (χ1) is 14.5. The van der Waals surface area contributed by atoms with Crippen LogP contribution in [-0.2, 0) is 0 Å². The van der Waals surface area contributed by atoms with Crippen molar-refractivity contribution in [1.82, 2.24) is 14.9 Å². The summed E-state index contributed by atoms with van der Waals surface area (Å²) in [7, 11) is 2.13. The van der Waals surface area contributed by atoms with E-state index in [1.165, 1.54) is 0 Å². The van der Waals surface area contributed by atoms with E-state index in [0.717, 1.165) is 47.7 Å². The fourth-order valence-electron chi connectivity index (χ4n) is 3.49. The Balaban J connectivity index is 1.44. The van der Waals surface area contributed by atoms with Gasteiger partial charge in [-0.05, 0) is 50.4 Å². The van der Waals surface area contributed by atoms with Crippen LogP contribution < -0.4 is 10.2 Å². The molecular formula is C23H24BrN5O. The minimum absolute atomic E-state index is 0.185. The van der Waals surface area contributed by atoms with Gasteiger partial charge in [0.2, 0.25) is 0 Å². The first-order valence-electron chi connectivity index (χ1n) is 9.94. The van der Waals surface area contributed by atoms with Gasteiger partial charge in [0.15, 0.2) is 0 Å². The fourth-order valence-corrected chi connectivity index (χ4v) is 3.89. The molecule has 2 aromatic heterocycles. The molecule has 0 saturated carbocycles. The minimum Gasteiger partial charge on any atom is -0.354 e. The van der Waals surface area contributed by atoms with Gasteiger partial charge in [0.05, 0.1) is 28.8 Å². The Kier molecular flexibility index (Phi) is 6.11. The second kappa shape index (κ2) is 8.93. The molecule has 1 N–H and O–H groups in total. The number of carbonyl (C=O) groups excluding carboxylic acids is 1. The Morgan fingerprint density at radius 1 is 1.07 bits per heavy atom. The summed E-state index contributed by atoms with van der Waals surface area (Å²) < 4.78 is 0.994. The van der Waals surface area contributed by atoms with Gasteiger partial charge in [-0.3, -0.25) is 9.78 Å². The lowest BCUT2D eigenvalue weighted by atomic mass is 10.1. The summed E-state index contributed by atoms with van der Waals surface area (Å²) in [4.78, 5) is 26.5. The Labute approximate surface area is 185 Å². The molecule has 1 aromatic carbocycles. The van der Waals surface area contributed by atoms with Gasteiger partial charge in [0.25, 0.3) is 5.91 Å². The van der Waals surface area contributed by atoms with Crippen LogP contribution in [0.1, 0.15) is 16.1 Å². The zero-order chi connectivity index (χ0) is 21.1. The SMILES string of the molecule is Cc1nc(-c2cccc(Br)c2)ccc1C(=O)Nc1ccc(N2CCN(C)CC2)nc1. The standard InChI is InChI=1S/C23H24BrN5O/c1-16-20(7-8-21(26-16)17-4-3-5-18(24)14-17)23(30)27-19-6-9-22(25-15-19)29-12-10-28(2)11-13-29/h3-9,14-15H,10-13H2,1-2H3,(H,27,30). The van der Waals surface area contributed by atoms with Gasteiger partial charge in [-0.25, -0.2) is 4.98 Å². The van der Waals surface area contributed by atoms with Crippen LogP contribution in [0.25, 0.3) is 11.3 Å².